The van der Waals surface area contributed by atoms with Crippen molar-refractivity contribution in [3.8, 4) is 11.5 Å². The van der Waals surface area contributed by atoms with Crippen LogP contribution in [0, 0.1) is 0 Å². The van der Waals surface area contributed by atoms with Gasteiger partial charge in [-0.15, -0.1) is 0 Å². The average Bonchev–Trinajstić information content (AvgIpc) is 2.84. The van der Waals surface area contributed by atoms with E-state index in [1.165, 1.54) is 14.2 Å². The summed E-state index contributed by atoms with van der Waals surface area (Å²) in [5, 5.41) is 15.2. The minimum atomic E-state index is -1.42. The first-order valence-corrected chi connectivity index (χ1v) is 7.41. The van der Waals surface area contributed by atoms with Gasteiger partial charge in [0, 0.05) is 12.8 Å². The molecule has 0 saturated carbocycles. The summed E-state index contributed by atoms with van der Waals surface area (Å²) in [5.41, 5.74) is -1.20. The minimum absolute atomic E-state index is 0.101. The van der Waals surface area contributed by atoms with Gasteiger partial charge >= 0.3 is 0 Å². The van der Waals surface area contributed by atoms with Crippen molar-refractivity contribution in [2.24, 2.45) is 0 Å². The second-order valence-electron chi connectivity index (χ2n) is 4.92. The second-order valence-corrected chi connectivity index (χ2v) is 5.77. The molecule has 0 bridgehead atoms. The van der Waals surface area contributed by atoms with Gasteiger partial charge in [0.2, 0.25) is 5.91 Å². The van der Waals surface area contributed by atoms with Crippen LogP contribution >= 0.6 is 15.9 Å². The molecule has 7 nitrogen and oxygen atoms in total. The molecule has 1 atom stereocenters. The third-order valence-corrected chi connectivity index (χ3v) is 4.03. The van der Waals surface area contributed by atoms with Gasteiger partial charge in [0.25, 0.3) is 5.91 Å². The van der Waals surface area contributed by atoms with E-state index in [1.54, 1.807) is 12.1 Å². The maximum atomic E-state index is 12.4. The predicted molar refractivity (Wildman–Crippen MR) is 81.9 cm³/mol. The van der Waals surface area contributed by atoms with Gasteiger partial charge in [-0.05, 0) is 28.1 Å². The lowest BCUT2D eigenvalue weighted by atomic mass is 10.1. The van der Waals surface area contributed by atoms with Crippen LogP contribution < -0.4 is 20.1 Å². The number of amides is 2. The largest absolute Gasteiger partial charge is 0.496 e. The average molecular weight is 373 g/mol. The van der Waals surface area contributed by atoms with Crippen molar-refractivity contribution in [1.82, 2.24) is 10.6 Å². The van der Waals surface area contributed by atoms with Crippen molar-refractivity contribution in [3.63, 3.8) is 0 Å². The van der Waals surface area contributed by atoms with E-state index in [0.29, 0.717) is 16.0 Å². The number of benzene rings is 1. The lowest BCUT2D eigenvalue weighted by molar-refractivity contribution is -0.121. The van der Waals surface area contributed by atoms with E-state index in [9.17, 15) is 14.7 Å². The standard InChI is InChI=1S/C14H17BrN2O5/c1-21-9-4-3-8(15)12(22-2)11(9)13(19)16-7-14(20)6-5-10(18)17-14/h3-4,20H,5-7H2,1-2H3,(H,16,19)(H,17,18). The number of rotatable bonds is 5. The Balaban J connectivity index is 2.19. The summed E-state index contributed by atoms with van der Waals surface area (Å²) in [5.74, 6) is -0.0294. The topological polar surface area (TPSA) is 96.9 Å². The molecule has 22 heavy (non-hydrogen) atoms. The molecule has 2 rings (SSSR count). The summed E-state index contributed by atoms with van der Waals surface area (Å²) in [4.78, 5) is 23.6. The number of carbonyl (C=O) groups is 2. The Labute approximate surface area is 136 Å². The lowest BCUT2D eigenvalue weighted by Gasteiger charge is -2.23. The molecule has 1 aliphatic rings. The zero-order valence-electron chi connectivity index (χ0n) is 12.2. The number of hydrogen-bond acceptors (Lipinski definition) is 5. The molecule has 1 aromatic rings. The summed E-state index contributed by atoms with van der Waals surface area (Å²) < 4.78 is 11.0. The Kier molecular flexibility index (Phi) is 4.92. The van der Waals surface area contributed by atoms with Crippen LogP contribution in [-0.4, -0.2) is 43.4 Å². The Hall–Kier alpha value is -1.80. The van der Waals surface area contributed by atoms with Crippen LogP contribution in [0.15, 0.2) is 16.6 Å². The summed E-state index contributed by atoms with van der Waals surface area (Å²) in [6.07, 6.45) is 0.481. The monoisotopic (exact) mass is 372 g/mol. The maximum absolute atomic E-state index is 12.4. The Morgan fingerprint density at radius 1 is 1.45 bits per heavy atom. The molecular weight excluding hydrogens is 356 g/mol. The molecule has 1 heterocycles. The van der Waals surface area contributed by atoms with Crippen LogP contribution in [0.25, 0.3) is 0 Å². The van der Waals surface area contributed by atoms with Crippen molar-refractivity contribution in [1.29, 1.82) is 0 Å². The molecule has 8 heteroatoms. The van der Waals surface area contributed by atoms with E-state index >= 15 is 0 Å². The molecule has 2 amide bonds. The first-order valence-electron chi connectivity index (χ1n) is 6.62. The fourth-order valence-electron chi connectivity index (χ4n) is 2.28. The van der Waals surface area contributed by atoms with Crippen molar-refractivity contribution in [2.45, 2.75) is 18.6 Å². The van der Waals surface area contributed by atoms with Crippen LogP contribution in [0.1, 0.15) is 23.2 Å². The van der Waals surface area contributed by atoms with E-state index in [1.807, 2.05) is 0 Å². The van der Waals surface area contributed by atoms with Gasteiger partial charge in [0.05, 0.1) is 25.2 Å². The number of methoxy groups -OCH3 is 2. The van der Waals surface area contributed by atoms with E-state index in [-0.39, 0.29) is 30.9 Å². The number of ether oxygens (including phenoxy) is 2. The maximum Gasteiger partial charge on any atom is 0.259 e. The highest BCUT2D eigenvalue weighted by molar-refractivity contribution is 9.10. The molecule has 1 fully saturated rings. The highest BCUT2D eigenvalue weighted by Gasteiger charge is 2.36. The molecule has 3 N–H and O–H groups in total. The van der Waals surface area contributed by atoms with Gasteiger partial charge in [-0.3, -0.25) is 9.59 Å². The molecule has 1 aliphatic heterocycles. The van der Waals surface area contributed by atoms with Crippen molar-refractivity contribution < 1.29 is 24.2 Å². The molecule has 0 aromatic heterocycles. The number of halogens is 1. The highest BCUT2D eigenvalue weighted by atomic mass is 79.9. The normalized spacial score (nSPS) is 20.5. The van der Waals surface area contributed by atoms with Gasteiger partial charge < -0.3 is 25.2 Å². The fourth-order valence-corrected chi connectivity index (χ4v) is 2.77. The van der Waals surface area contributed by atoms with Crippen molar-refractivity contribution >= 4 is 27.7 Å². The summed E-state index contributed by atoms with van der Waals surface area (Å²) in [7, 11) is 2.89. The highest BCUT2D eigenvalue weighted by Crippen LogP contribution is 2.35. The Bertz CT molecular complexity index is 607. The number of aliphatic hydroxyl groups is 1. The molecule has 1 unspecified atom stereocenters. The smallest absolute Gasteiger partial charge is 0.259 e. The summed E-state index contributed by atoms with van der Waals surface area (Å²) >= 11 is 3.31. The van der Waals surface area contributed by atoms with Gasteiger partial charge in [-0.25, -0.2) is 0 Å². The van der Waals surface area contributed by atoms with E-state index in [0.717, 1.165) is 0 Å². The molecule has 1 aromatic carbocycles. The Morgan fingerprint density at radius 3 is 2.73 bits per heavy atom. The summed E-state index contributed by atoms with van der Waals surface area (Å²) in [6, 6.07) is 3.34. The zero-order valence-corrected chi connectivity index (χ0v) is 13.8. The number of nitrogens with one attached hydrogen (secondary N) is 2. The van der Waals surface area contributed by atoms with E-state index < -0.39 is 11.6 Å². The SMILES string of the molecule is COc1ccc(Br)c(OC)c1C(=O)NCC1(O)CCC(=O)N1. The van der Waals surface area contributed by atoms with Gasteiger partial charge in [-0.1, -0.05) is 0 Å². The third kappa shape index (κ3) is 3.33. The van der Waals surface area contributed by atoms with Gasteiger partial charge in [0.1, 0.15) is 17.1 Å². The number of hydrogen-bond donors (Lipinski definition) is 3. The quantitative estimate of drug-likeness (QED) is 0.709. The lowest BCUT2D eigenvalue weighted by Crippen LogP contribution is -2.50. The zero-order chi connectivity index (χ0) is 16.3. The van der Waals surface area contributed by atoms with Crippen molar-refractivity contribution in [3.05, 3.63) is 22.2 Å². The molecule has 120 valence electrons. The van der Waals surface area contributed by atoms with Crippen LogP contribution in [-0.2, 0) is 4.79 Å². The number of carbonyl (C=O) groups excluding carboxylic acids is 2. The summed E-state index contributed by atoms with van der Waals surface area (Å²) in [6.45, 7) is -0.101. The first-order chi connectivity index (χ1) is 10.4. The molecule has 0 aliphatic carbocycles. The Morgan fingerprint density at radius 2 is 2.18 bits per heavy atom. The van der Waals surface area contributed by atoms with Gasteiger partial charge in [0.15, 0.2) is 5.72 Å². The van der Waals surface area contributed by atoms with Crippen LogP contribution in [0.5, 0.6) is 11.5 Å². The molecule has 0 radical (unpaired) electrons. The third-order valence-electron chi connectivity index (χ3n) is 3.40. The fraction of sp³-hybridized carbons (Fsp3) is 0.429. The van der Waals surface area contributed by atoms with Crippen LogP contribution in [0.3, 0.4) is 0 Å². The minimum Gasteiger partial charge on any atom is -0.496 e. The molecular formula is C14H17BrN2O5. The molecule has 1 saturated heterocycles. The van der Waals surface area contributed by atoms with E-state index in [2.05, 4.69) is 26.6 Å². The first kappa shape index (κ1) is 16.6. The predicted octanol–water partition coefficient (Wildman–Crippen LogP) is 0.795. The van der Waals surface area contributed by atoms with Crippen molar-refractivity contribution in [2.75, 3.05) is 20.8 Å². The molecule has 0 spiro atoms. The van der Waals surface area contributed by atoms with Crippen LogP contribution in [0.4, 0.5) is 0 Å². The van der Waals surface area contributed by atoms with Gasteiger partial charge in [-0.2, -0.15) is 0 Å². The second kappa shape index (κ2) is 6.53. The van der Waals surface area contributed by atoms with Crippen LogP contribution in [0.2, 0.25) is 0 Å². The van der Waals surface area contributed by atoms with E-state index in [4.69, 9.17) is 9.47 Å².